The molecule has 0 fully saturated rings. The first-order valence-corrected chi connectivity index (χ1v) is 6.72. The second-order valence-electron chi connectivity index (χ2n) is 4.90. The van der Waals surface area contributed by atoms with E-state index in [2.05, 4.69) is 15.4 Å². The highest BCUT2D eigenvalue weighted by Crippen LogP contribution is 2.30. The number of nitrogens with zero attached hydrogens (tertiary/aromatic N) is 3. The summed E-state index contributed by atoms with van der Waals surface area (Å²) in [4.78, 5) is 14.7. The number of nitrogens with one attached hydrogen (secondary N) is 1. The molecule has 2 aromatic heterocycles. The fraction of sp³-hybridized carbons (Fsp3) is 0.0625. The van der Waals surface area contributed by atoms with Crippen LogP contribution in [0, 0.1) is 0 Å². The second-order valence-corrected chi connectivity index (χ2v) is 4.90. The van der Waals surface area contributed by atoms with E-state index in [4.69, 9.17) is 5.73 Å². The van der Waals surface area contributed by atoms with Crippen molar-refractivity contribution in [2.45, 2.75) is 0 Å². The lowest BCUT2D eigenvalue weighted by Gasteiger charge is -2.08. The van der Waals surface area contributed by atoms with Gasteiger partial charge in [0, 0.05) is 41.8 Å². The number of hydrogen-bond donors (Lipinski definition) is 2. The van der Waals surface area contributed by atoms with E-state index in [0.717, 1.165) is 27.9 Å². The number of benzene rings is 1. The summed E-state index contributed by atoms with van der Waals surface area (Å²) in [7, 11) is 1.87. The molecular weight excluding hydrogens is 278 g/mol. The molecule has 0 radical (unpaired) electrons. The summed E-state index contributed by atoms with van der Waals surface area (Å²) < 4.78 is 1.74. The maximum Gasteiger partial charge on any atom is 0.211 e. The topological polar surface area (TPSA) is 85.8 Å². The van der Waals surface area contributed by atoms with Crippen LogP contribution in [0.4, 0.5) is 11.5 Å². The molecule has 6 nitrogen and oxygen atoms in total. The van der Waals surface area contributed by atoms with E-state index in [9.17, 15) is 4.79 Å². The molecule has 0 spiro atoms. The predicted molar refractivity (Wildman–Crippen MR) is 86.0 cm³/mol. The van der Waals surface area contributed by atoms with Crippen molar-refractivity contribution in [3.8, 4) is 22.3 Å². The maximum atomic E-state index is 10.4. The van der Waals surface area contributed by atoms with Crippen LogP contribution in [-0.4, -0.2) is 21.2 Å². The van der Waals surface area contributed by atoms with Crippen molar-refractivity contribution in [3.05, 3.63) is 48.9 Å². The normalized spacial score (nSPS) is 10.4. The van der Waals surface area contributed by atoms with Gasteiger partial charge in [-0.25, -0.2) is 4.98 Å². The summed E-state index contributed by atoms with van der Waals surface area (Å²) >= 11 is 0. The minimum Gasteiger partial charge on any atom is -0.383 e. The maximum absolute atomic E-state index is 10.4. The van der Waals surface area contributed by atoms with Crippen LogP contribution in [0.5, 0.6) is 0 Å². The van der Waals surface area contributed by atoms with Crippen LogP contribution in [0.25, 0.3) is 22.3 Å². The van der Waals surface area contributed by atoms with E-state index >= 15 is 0 Å². The number of anilines is 2. The molecular formula is C16H15N5O. The molecule has 6 heteroatoms. The number of amides is 1. The summed E-state index contributed by atoms with van der Waals surface area (Å²) in [6, 6.07) is 9.42. The molecule has 3 aromatic rings. The molecule has 0 aliphatic rings. The van der Waals surface area contributed by atoms with Crippen molar-refractivity contribution in [2.24, 2.45) is 7.05 Å². The molecule has 0 aliphatic heterocycles. The molecule has 0 aliphatic carbocycles. The first kappa shape index (κ1) is 13.8. The Labute approximate surface area is 127 Å². The number of aromatic nitrogens is 3. The molecule has 3 N–H and O–H groups in total. The van der Waals surface area contributed by atoms with Gasteiger partial charge in [0.2, 0.25) is 6.41 Å². The minimum atomic E-state index is 0.462. The Morgan fingerprint density at radius 3 is 2.55 bits per heavy atom. The molecule has 0 unspecified atom stereocenters. The van der Waals surface area contributed by atoms with Crippen LogP contribution in [0.2, 0.25) is 0 Å². The van der Waals surface area contributed by atoms with E-state index in [0.29, 0.717) is 12.2 Å². The SMILES string of the molecule is Cn1cc(-c2cnc(N)c(-c3ccc(NC=O)cc3)c2)cn1. The third kappa shape index (κ3) is 2.67. The lowest BCUT2D eigenvalue weighted by molar-refractivity contribution is -0.105. The summed E-state index contributed by atoms with van der Waals surface area (Å²) in [6.45, 7) is 0. The van der Waals surface area contributed by atoms with E-state index in [1.807, 2.05) is 43.6 Å². The predicted octanol–water partition coefficient (Wildman–Crippen LogP) is 2.30. The quantitative estimate of drug-likeness (QED) is 0.723. The Morgan fingerprint density at radius 2 is 1.91 bits per heavy atom. The molecule has 1 amide bonds. The van der Waals surface area contributed by atoms with Gasteiger partial charge in [0.15, 0.2) is 0 Å². The summed E-state index contributed by atoms with van der Waals surface area (Å²) in [5, 5.41) is 6.77. The zero-order valence-electron chi connectivity index (χ0n) is 12.0. The van der Waals surface area contributed by atoms with Gasteiger partial charge in [0.1, 0.15) is 5.82 Å². The zero-order chi connectivity index (χ0) is 15.5. The standard InChI is InChI=1S/C16H15N5O/c1-21-9-13(8-20-21)12-6-15(16(17)18-7-12)11-2-4-14(5-3-11)19-10-22/h2-10H,1H3,(H2,17,18)(H,19,22). The van der Waals surface area contributed by atoms with E-state index < -0.39 is 0 Å². The van der Waals surface area contributed by atoms with E-state index in [-0.39, 0.29) is 0 Å². The summed E-state index contributed by atoms with van der Waals surface area (Å²) in [6.07, 6.45) is 6.09. The molecule has 0 bridgehead atoms. The van der Waals surface area contributed by atoms with Gasteiger partial charge in [-0.15, -0.1) is 0 Å². The van der Waals surface area contributed by atoms with Crippen molar-refractivity contribution in [1.82, 2.24) is 14.8 Å². The molecule has 2 heterocycles. The number of rotatable bonds is 4. The van der Waals surface area contributed by atoms with Gasteiger partial charge >= 0.3 is 0 Å². The van der Waals surface area contributed by atoms with E-state index in [1.54, 1.807) is 17.1 Å². The number of carbonyl (C=O) groups excluding carboxylic acids is 1. The van der Waals surface area contributed by atoms with Gasteiger partial charge in [0.25, 0.3) is 0 Å². The van der Waals surface area contributed by atoms with Gasteiger partial charge in [-0.3, -0.25) is 9.48 Å². The molecule has 0 saturated heterocycles. The van der Waals surface area contributed by atoms with Crippen molar-refractivity contribution in [3.63, 3.8) is 0 Å². The molecule has 110 valence electrons. The number of nitrogen functional groups attached to an aromatic ring is 1. The summed E-state index contributed by atoms with van der Waals surface area (Å²) in [5.74, 6) is 0.462. The fourth-order valence-corrected chi connectivity index (χ4v) is 2.25. The molecule has 0 saturated carbocycles. The minimum absolute atomic E-state index is 0.462. The average Bonchev–Trinajstić information content (AvgIpc) is 2.96. The van der Waals surface area contributed by atoms with Gasteiger partial charge in [-0.1, -0.05) is 12.1 Å². The second kappa shape index (κ2) is 5.69. The third-order valence-corrected chi connectivity index (χ3v) is 3.38. The number of pyridine rings is 1. The van der Waals surface area contributed by atoms with Crippen molar-refractivity contribution >= 4 is 17.9 Å². The van der Waals surface area contributed by atoms with Gasteiger partial charge in [-0.2, -0.15) is 5.10 Å². The smallest absolute Gasteiger partial charge is 0.211 e. The highest BCUT2D eigenvalue weighted by atomic mass is 16.1. The Bertz CT molecular complexity index is 808. The van der Waals surface area contributed by atoms with Crippen molar-refractivity contribution in [1.29, 1.82) is 0 Å². The Morgan fingerprint density at radius 1 is 1.14 bits per heavy atom. The number of aryl methyl sites for hydroxylation is 1. The lowest BCUT2D eigenvalue weighted by atomic mass is 10.0. The zero-order valence-corrected chi connectivity index (χ0v) is 12.0. The van der Waals surface area contributed by atoms with Crippen LogP contribution >= 0.6 is 0 Å². The number of nitrogens with two attached hydrogens (primary N) is 1. The van der Waals surface area contributed by atoms with Gasteiger partial charge in [0.05, 0.1) is 6.20 Å². The first-order valence-electron chi connectivity index (χ1n) is 6.72. The summed E-state index contributed by atoms with van der Waals surface area (Å²) in [5.41, 5.74) is 10.4. The number of carbonyl (C=O) groups is 1. The van der Waals surface area contributed by atoms with Gasteiger partial charge in [-0.05, 0) is 23.8 Å². The van der Waals surface area contributed by atoms with Crippen LogP contribution in [-0.2, 0) is 11.8 Å². The third-order valence-electron chi connectivity index (χ3n) is 3.38. The lowest BCUT2D eigenvalue weighted by Crippen LogP contribution is -1.96. The fourth-order valence-electron chi connectivity index (χ4n) is 2.25. The molecule has 22 heavy (non-hydrogen) atoms. The Hall–Kier alpha value is -3.15. The monoisotopic (exact) mass is 293 g/mol. The molecule has 1 aromatic carbocycles. The first-order chi connectivity index (χ1) is 10.7. The van der Waals surface area contributed by atoms with E-state index in [1.165, 1.54) is 0 Å². The largest absolute Gasteiger partial charge is 0.383 e. The highest BCUT2D eigenvalue weighted by Gasteiger charge is 2.08. The van der Waals surface area contributed by atoms with Gasteiger partial charge < -0.3 is 11.1 Å². The van der Waals surface area contributed by atoms with Crippen LogP contribution < -0.4 is 11.1 Å². The average molecular weight is 293 g/mol. The molecule has 0 atom stereocenters. The van der Waals surface area contributed by atoms with Crippen LogP contribution in [0.15, 0.2) is 48.9 Å². The van der Waals surface area contributed by atoms with Crippen molar-refractivity contribution < 1.29 is 4.79 Å². The Kier molecular flexibility index (Phi) is 3.57. The Balaban J connectivity index is 2.00. The van der Waals surface area contributed by atoms with Crippen LogP contribution in [0.3, 0.4) is 0 Å². The van der Waals surface area contributed by atoms with Crippen molar-refractivity contribution in [2.75, 3.05) is 11.1 Å². The highest BCUT2D eigenvalue weighted by molar-refractivity contribution is 5.80. The molecule has 3 rings (SSSR count). The van der Waals surface area contributed by atoms with Crippen LogP contribution in [0.1, 0.15) is 0 Å². The number of hydrogen-bond acceptors (Lipinski definition) is 4.